The summed E-state index contributed by atoms with van der Waals surface area (Å²) >= 11 is 0. The van der Waals surface area contributed by atoms with Crippen LogP contribution in [-0.2, 0) is 11.3 Å². The zero-order valence-electron chi connectivity index (χ0n) is 8.59. The van der Waals surface area contributed by atoms with Crippen LogP contribution in [0.1, 0.15) is 19.4 Å². The van der Waals surface area contributed by atoms with E-state index in [1.54, 1.807) is 12.1 Å². The van der Waals surface area contributed by atoms with Gasteiger partial charge >= 0.3 is 0 Å². The molecule has 0 unspecified atom stereocenters. The van der Waals surface area contributed by atoms with E-state index < -0.39 is 0 Å². The Bertz CT molecular complexity index is 279. The summed E-state index contributed by atoms with van der Waals surface area (Å²) in [4.78, 5) is 0. The van der Waals surface area contributed by atoms with Crippen LogP contribution in [0.5, 0.6) is 0 Å². The van der Waals surface area contributed by atoms with Gasteiger partial charge < -0.3 is 10.5 Å². The molecule has 1 aromatic rings. The number of nitrogens with two attached hydrogens (primary N) is 1. The van der Waals surface area contributed by atoms with Crippen molar-refractivity contribution in [3.05, 3.63) is 29.6 Å². The maximum absolute atomic E-state index is 13.2. The first-order valence-electron chi connectivity index (χ1n) is 4.72. The molecule has 0 atom stereocenters. The van der Waals surface area contributed by atoms with Crippen molar-refractivity contribution in [2.45, 2.75) is 20.5 Å². The Morgan fingerprint density at radius 1 is 1.43 bits per heavy atom. The van der Waals surface area contributed by atoms with E-state index in [1.165, 1.54) is 6.07 Å². The lowest BCUT2D eigenvalue weighted by molar-refractivity contribution is 0.0954. The fraction of sp³-hybridized carbons (Fsp3) is 0.455. The van der Waals surface area contributed by atoms with E-state index >= 15 is 0 Å². The molecule has 0 saturated heterocycles. The molecule has 0 amide bonds. The minimum Gasteiger partial charge on any atom is -0.398 e. The van der Waals surface area contributed by atoms with Crippen LogP contribution in [0.15, 0.2) is 18.2 Å². The highest BCUT2D eigenvalue weighted by molar-refractivity contribution is 5.46. The Morgan fingerprint density at radius 3 is 2.71 bits per heavy atom. The van der Waals surface area contributed by atoms with E-state index in [2.05, 4.69) is 0 Å². The van der Waals surface area contributed by atoms with Gasteiger partial charge in [-0.3, -0.25) is 0 Å². The van der Waals surface area contributed by atoms with Crippen molar-refractivity contribution >= 4 is 5.69 Å². The summed E-state index contributed by atoms with van der Waals surface area (Å²) in [6.07, 6.45) is 0. The van der Waals surface area contributed by atoms with Crippen LogP contribution >= 0.6 is 0 Å². The molecule has 0 spiro atoms. The van der Waals surface area contributed by atoms with Gasteiger partial charge in [0, 0.05) is 17.9 Å². The molecule has 14 heavy (non-hydrogen) atoms. The van der Waals surface area contributed by atoms with Crippen molar-refractivity contribution in [1.82, 2.24) is 0 Å². The molecule has 0 heterocycles. The molecular weight excluding hydrogens is 181 g/mol. The van der Waals surface area contributed by atoms with E-state index in [0.717, 1.165) is 0 Å². The zero-order chi connectivity index (χ0) is 10.6. The van der Waals surface area contributed by atoms with Crippen LogP contribution in [0.3, 0.4) is 0 Å². The Hall–Kier alpha value is -1.09. The van der Waals surface area contributed by atoms with Gasteiger partial charge in [-0.25, -0.2) is 4.39 Å². The lowest BCUT2D eigenvalue weighted by Crippen LogP contribution is -2.05. The standard InChI is InChI=1S/C11H16FNO/c1-8(2)6-14-7-9-10(12)4-3-5-11(9)13/h3-5,8H,6-7,13H2,1-2H3. The predicted octanol–water partition coefficient (Wildman–Crippen LogP) is 2.58. The number of hydrogen-bond acceptors (Lipinski definition) is 2. The van der Waals surface area contributed by atoms with Gasteiger partial charge in [0.2, 0.25) is 0 Å². The highest BCUT2D eigenvalue weighted by Crippen LogP contribution is 2.16. The number of ether oxygens (including phenoxy) is 1. The third-order valence-electron chi connectivity index (χ3n) is 1.85. The number of hydrogen-bond donors (Lipinski definition) is 1. The summed E-state index contributed by atoms with van der Waals surface area (Å²) in [6, 6.07) is 4.66. The minimum atomic E-state index is -0.297. The van der Waals surface area contributed by atoms with Crippen molar-refractivity contribution in [1.29, 1.82) is 0 Å². The molecule has 0 saturated carbocycles. The van der Waals surface area contributed by atoms with Crippen molar-refractivity contribution in [2.24, 2.45) is 5.92 Å². The molecule has 1 aromatic carbocycles. The van der Waals surface area contributed by atoms with E-state index in [9.17, 15) is 4.39 Å². The van der Waals surface area contributed by atoms with Crippen LogP contribution < -0.4 is 5.73 Å². The molecule has 0 aromatic heterocycles. The van der Waals surface area contributed by atoms with Crippen LogP contribution in [0.2, 0.25) is 0 Å². The molecule has 3 heteroatoms. The second-order valence-electron chi connectivity index (χ2n) is 3.72. The predicted molar refractivity (Wildman–Crippen MR) is 55.3 cm³/mol. The van der Waals surface area contributed by atoms with Crippen LogP contribution in [0, 0.1) is 11.7 Å². The molecule has 78 valence electrons. The first kappa shape index (κ1) is 11.0. The van der Waals surface area contributed by atoms with Crippen LogP contribution in [-0.4, -0.2) is 6.61 Å². The van der Waals surface area contributed by atoms with Crippen molar-refractivity contribution in [3.8, 4) is 0 Å². The van der Waals surface area contributed by atoms with Crippen molar-refractivity contribution < 1.29 is 9.13 Å². The summed E-state index contributed by atoms with van der Waals surface area (Å²) < 4.78 is 18.5. The first-order valence-corrected chi connectivity index (χ1v) is 4.72. The maximum Gasteiger partial charge on any atom is 0.130 e. The highest BCUT2D eigenvalue weighted by Gasteiger charge is 2.05. The van der Waals surface area contributed by atoms with Gasteiger partial charge in [-0.2, -0.15) is 0 Å². The number of nitrogen functional groups attached to an aromatic ring is 1. The summed E-state index contributed by atoms with van der Waals surface area (Å²) in [5.41, 5.74) is 6.52. The fourth-order valence-electron chi connectivity index (χ4n) is 1.12. The first-order chi connectivity index (χ1) is 6.61. The lowest BCUT2D eigenvalue weighted by atomic mass is 10.2. The summed E-state index contributed by atoms with van der Waals surface area (Å²) in [6.45, 7) is 4.96. The molecule has 1 rings (SSSR count). The number of anilines is 1. The van der Waals surface area contributed by atoms with Gasteiger partial charge in [-0.1, -0.05) is 19.9 Å². The molecule has 0 aliphatic heterocycles. The molecule has 0 fully saturated rings. The second-order valence-corrected chi connectivity index (χ2v) is 3.72. The van der Waals surface area contributed by atoms with E-state index in [0.29, 0.717) is 23.8 Å². The topological polar surface area (TPSA) is 35.2 Å². The second kappa shape index (κ2) is 4.96. The third kappa shape index (κ3) is 3.00. The zero-order valence-corrected chi connectivity index (χ0v) is 8.59. The largest absolute Gasteiger partial charge is 0.398 e. The Labute approximate surface area is 83.9 Å². The molecule has 0 radical (unpaired) electrons. The molecule has 0 bridgehead atoms. The normalized spacial score (nSPS) is 10.9. The maximum atomic E-state index is 13.2. The van der Waals surface area contributed by atoms with Crippen molar-refractivity contribution in [2.75, 3.05) is 12.3 Å². The summed E-state index contributed by atoms with van der Waals surface area (Å²) in [7, 11) is 0. The van der Waals surface area contributed by atoms with Crippen molar-refractivity contribution in [3.63, 3.8) is 0 Å². The van der Waals surface area contributed by atoms with Crippen LogP contribution in [0.25, 0.3) is 0 Å². The Balaban J connectivity index is 2.58. The van der Waals surface area contributed by atoms with Crippen LogP contribution in [0.4, 0.5) is 10.1 Å². The molecular formula is C11H16FNO. The molecule has 2 nitrogen and oxygen atoms in total. The quantitative estimate of drug-likeness (QED) is 0.753. The summed E-state index contributed by atoms with van der Waals surface area (Å²) in [5, 5.41) is 0. The highest BCUT2D eigenvalue weighted by atomic mass is 19.1. The number of benzene rings is 1. The SMILES string of the molecule is CC(C)COCc1c(N)cccc1F. The molecule has 0 aliphatic carbocycles. The average molecular weight is 197 g/mol. The smallest absolute Gasteiger partial charge is 0.130 e. The molecule has 0 aliphatic rings. The van der Waals surface area contributed by atoms with E-state index in [4.69, 9.17) is 10.5 Å². The fourth-order valence-corrected chi connectivity index (χ4v) is 1.12. The average Bonchev–Trinajstić information content (AvgIpc) is 2.09. The Kier molecular flexibility index (Phi) is 3.89. The molecule has 2 N–H and O–H groups in total. The van der Waals surface area contributed by atoms with Gasteiger partial charge in [-0.05, 0) is 18.1 Å². The lowest BCUT2D eigenvalue weighted by Gasteiger charge is -2.09. The number of halogens is 1. The van der Waals surface area contributed by atoms with Gasteiger partial charge in [-0.15, -0.1) is 0 Å². The third-order valence-corrected chi connectivity index (χ3v) is 1.85. The van der Waals surface area contributed by atoms with Gasteiger partial charge in [0.25, 0.3) is 0 Å². The number of rotatable bonds is 4. The van der Waals surface area contributed by atoms with Gasteiger partial charge in [0.1, 0.15) is 5.82 Å². The van der Waals surface area contributed by atoms with E-state index in [1.807, 2.05) is 13.8 Å². The van der Waals surface area contributed by atoms with Gasteiger partial charge in [0.15, 0.2) is 0 Å². The van der Waals surface area contributed by atoms with E-state index in [-0.39, 0.29) is 12.4 Å². The van der Waals surface area contributed by atoms with Gasteiger partial charge in [0.05, 0.1) is 6.61 Å². The Morgan fingerprint density at radius 2 is 2.14 bits per heavy atom. The minimum absolute atomic E-state index is 0.247. The monoisotopic (exact) mass is 197 g/mol. The summed E-state index contributed by atoms with van der Waals surface area (Å²) in [5.74, 6) is 0.150.